The van der Waals surface area contributed by atoms with Gasteiger partial charge in [0.2, 0.25) is 0 Å². The monoisotopic (exact) mass is 267 g/mol. The van der Waals surface area contributed by atoms with E-state index in [0.29, 0.717) is 12.0 Å². The van der Waals surface area contributed by atoms with Gasteiger partial charge < -0.3 is 14.8 Å². The van der Waals surface area contributed by atoms with E-state index in [1.807, 2.05) is 6.07 Å². The summed E-state index contributed by atoms with van der Waals surface area (Å²) in [6.07, 6.45) is 0.990. The van der Waals surface area contributed by atoms with Gasteiger partial charge in [0.25, 0.3) is 0 Å². The van der Waals surface area contributed by atoms with Crippen LogP contribution in [0.2, 0.25) is 0 Å². The minimum absolute atomic E-state index is 0.0216. The summed E-state index contributed by atoms with van der Waals surface area (Å²) in [5.74, 6) is 0.347. The Labute approximate surface area is 114 Å². The van der Waals surface area contributed by atoms with Crippen molar-refractivity contribution in [2.75, 3.05) is 20.3 Å². The van der Waals surface area contributed by atoms with E-state index in [1.54, 1.807) is 6.07 Å². The average Bonchev–Trinajstić information content (AvgIpc) is 2.84. The van der Waals surface area contributed by atoms with Gasteiger partial charge in [-0.3, -0.25) is 0 Å². The SMILES string of the molecule is COc1ccc(C2OCCC2CNC(C)C)cc1F. The molecule has 2 rings (SSSR count). The highest BCUT2D eigenvalue weighted by Gasteiger charge is 2.30. The number of hydrogen-bond acceptors (Lipinski definition) is 3. The maximum absolute atomic E-state index is 13.7. The van der Waals surface area contributed by atoms with Crippen molar-refractivity contribution in [1.82, 2.24) is 5.32 Å². The second-order valence-corrected chi connectivity index (χ2v) is 5.30. The van der Waals surface area contributed by atoms with Crippen molar-refractivity contribution >= 4 is 0 Å². The fourth-order valence-electron chi connectivity index (χ4n) is 2.46. The van der Waals surface area contributed by atoms with E-state index in [4.69, 9.17) is 9.47 Å². The maximum Gasteiger partial charge on any atom is 0.165 e. The van der Waals surface area contributed by atoms with Crippen molar-refractivity contribution in [3.8, 4) is 5.75 Å². The van der Waals surface area contributed by atoms with Gasteiger partial charge in [0.1, 0.15) is 0 Å². The highest BCUT2D eigenvalue weighted by molar-refractivity contribution is 5.31. The minimum atomic E-state index is -0.328. The summed E-state index contributed by atoms with van der Waals surface area (Å²) >= 11 is 0. The molecule has 1 saturated heterocycles. The molecule has 0 saturated carbocycles. The molecule has 0 aliphatic carbocycles. The minimum Gasteiger partial charge on any atom is -0.494 e. The second-order valence-electron chi connectivity index (χ2n) is 5.30. The topological polar surface area (TPSA) is 30.5 Å². The number of nitrogens with one attached hydrogen (secondary N) is 1. The first kappa shape index (κ1) is 14.3. The largest absolute Gasteiger partial charge is 0.494 e. The van der Waals surface area contributed by atoms with Crippen molar-refractivity contribution in [1.29, 1.82) is 0 Å². The fraction of sp³-hybridized carbons (Fsp3) is 0.600. The zero-order chi connectivity index (χ0) is 13.8. The molecule has 0 aromatic heterocycles. The Morgan fingerprint density at radius 3 is 2.89 bits per heavy atom. The predicted molar refractivity (Wildman–Crippen MR) is 72.9 cm³/mol. The van der Waals surface area contributed by atoms with E-state index in [0.717, 1.165) is 25.1 Å². The Morgan fingerprint density at radius 1 is 1.47 bits per heavy atom. The van der Waals surface area contributed by atoms with Gasteiger partial charge in [0.05, 0.1) is 13.2 Å². The molecular weight excluding hydrogens is 245 g/mol. The van der Waals surface area contributed by atoms with Crippen molar-refractivity contribution in [3.63, 3.8) is 0 Å². The second kappa shape index (κ2) is 6.35. The smallest absolute Gasteiger partial charge is 0.165 e. The van der Waals surface area contributed by atoms with Gasteiger partial charge in [-0.25, -0.2) is 4.39 Å². The van der Waals surface area contributed by atoms with Crippen molar-refractivity contribution < 1.29 is 13.9 Å². The van der Waals surface area contributed by atoms with Gasteiger partial charge in [-0.15, -0.1) is 0 Å². The fourth-order valence-corrected chi connectivity index (χ4v) is 2.46. The molecule has 1 fully saturated rings. The lowest BCUT2D eigenvalue weighted by Crippen LogP contribution is -2.30. The molecule has 2 unspecified atom stereocenters. The van der Waals surface area contributed by atoms with Crippen LogP contribution in [-0.4, -0.2) is 26.3 Å². The van der Waals surface area contributed by atoms with Gasteiger partial charge in [-0.1, -0.05) is 19.9 Å². The van der Waals surface area contributed by atoms with E-state index < -0.39 is 0 Å². The molecule has 1 heterocycles. The van der Waals surface area contributed by atoms with E-state index >= 15 is 0 Å². The molecule has 19 heavy (non-hydrogen) atoms. The third kappa shape index (κ3) is 3.45. The molecule has 1 aliphatic heterocycles. The van der Waals surface area contributed by atoms with Crippen LogP contribution < -0.4 is 10.1 Å². The molecule has 1 aliphatic rings. The molecular formula is C15H22FNO2. The maximum atomic E-state index is 13.7. The van der Waals surface area contributed by atoms with Crippen LogP contribution in [0.15, 0.2) is 18.2 Å². The van der Waals surface area contributed by atoms with Gasteiger partial charge >= 0.3 is 0 Å². The Kier molecular flexibility index (Phi) is 4.77. The van der Waals surface area contributed by atoms with E-state index in [1.165, 1.54) is 13.2 Å². The Bertz CT molecular complexity index is 423. The van der Waals surface area contributed by atoms with Gasteiger partial charge in [-0.05, 0) is 24.1 Å². The van der Waals surface area contributed by atoms with Crippen LogP contribution in [0.25, 0.3) is 0 Å². The lowest BCUT2D eigenvalue weighted by molar-refractivity contribution is 0.0897. The number of methoxy groups -OCH3 is 1. The van der Waals surface area contributed by atoms with Crippen LogP contribution in [0.3, 0.4) is 0 Å². The number of rotatable bonds is 5. The van der Waals surface area contributed by atoms with Crippen LogP contribution >= 0.6 is 0 Å². The Morgan fingerprint density at radius 2 is 2.26 bits per heavy atom. The number of ether oxygens (including phenoxy) is 2. The quantitative estimate of drug-likeness (QED) is 0.889. The number of hydrogen-bond donors (Lipinski definition) is 1. The standard InChI is InChI=1S/C15H22FNO2/c1-10(2)17-9-12-6-7-19-15(12)11-4-5-14(18-3)13(16)8-11/h4-5,8,10,12,15,17H,6-7,9H2,1-3H3. The summed E-state index contributed by atoms with van der Waals surface area (Å²) in [7, 11) is 1.47. The summed E-state index contributed by atoms with van der Waals surface area (Å²) in [5, 5.41) is 3.43. The van der Waals surface area contributed by atoms with Crippen molar-refractivity contribution in [2.45, 2.75) is 32.4 Å². The van der Waals surface area contributed by atoms with E-state index in [-0.39, 0.29) is 17.7 Å². The van der Waals surface area contributed by atoms with Gasteiger partial charge in [0.15, 0.2) is 11.6 Å². The lowest BCUT2D eigenvalue weighted by Gasteiger charge is -2.21. The van der Waals surface area contributed by atoms with Crippen LogP contribution in [0.1, 0.15) is 31.9 Å². The third-order valence-corrected chi connectivity index (χ3v) is 3.51. The predicted octanol–water partition coefficient (Wildman–Crippen LogP) is 2.91. The first-order valence-electron chi connectivity index (χ1n) is 6.80. The van der Waals surface area contributed by atoms with Crippen molar-refractivity contribution in [3.05, 3.63) is 29.6 Å². The zero-order valence-electron chi connectivity index (χ0n) is 11.8. The summed E-state index contributed by atoms with van der Waals surface area (Å²) in [6.45, 7) is 5.88. The van der Waals surface area contributed by atoms with Crippen LogP contribution in [0, 0.1) is 11.7 Å². The molecule has 3 nitrogen and oxygen atoms in total. The lowest BCUT2D eigenvalue weighted by atomic mass is 9.95. The first-order chi connectivity index (χ1) is 9.11. The molecule has 0 radical (unpaired) electrons. The van der Waals surface area contributed by atoms with E-state index in [2.05, 4.69) is 19.2 Å². The summed E-state index contributed by atoms with van der Waals surface area (Å²) < 4.78 is 24.5. The van der Waals surface area contributed by atoms with Crippen LogP contribution in [0.4, 0.5) is 4.39 Å². The molecule has 1 N–H and O–H groups in total. The van der Waals surface area contributed by atoms with Gasteiger partial charge in [-0.2, -0.15) is 0 Å². The zero-order valence-corrected chi connectivity index (χ0v) is 11.8. The van der Waals surface area contributed by atoms with E-state index in [9.17, 15) is 4.39 Å². The molecule has 0 spiro atoms. The molecule has 0 amide bonds. The third-order valence-electron chi connectivity index (χ3n) is 3.51. The molecule has 106 valence electrons. The Hall–Kier alpha value is -1.13. The summed E-state index contributed by atoms with van der Waals surface area (Å²) in [6, 6.07) is 5.53. The molecule has 1 aromatic rings. The molecule has 2 atom stereocenters. The molecule has 1 aromatic carbocycles. The highest BCUT2D eigenvalue weighted by atomic mass is 19.1. The highest BCUT2D eigenvalue weighted by Crippen LogP contribution is 2.35. The summed E-state index contributed by atoms with van der Waals surface area (Å²) in [4.78, 5) is 0. The molecule has 4 heteroatoms. The number of benzene rings is 1. The molecule has 0 bridgehead atoms. The van der Waals surface area contributed by atoms with Gasteiger partial charge in [0, 0.05) is 25.1 Å². The Balaban J connectivity index is 2.09. The summed E-state index contributed by atoms with van der Waals surface area (Å²) in [5.41, 5.74) is 0.895. The van der Waals surface area contributed by atoms with Crippen LogP contribution in [-0.2, 0) is 4.74 Å². The normalized spacial score (nSPS) is 23.0. The average molecular weight is 267 g/mol. The van der Waals surface area contributed by atoms with Crippen LogP contribution in [0.5, 0.6) is 5.75 Å². The van der Waals surface area contributed by atoms with Crippen molar-refractivity contribution in [2.24, 2.45) is 5.92 Å². The number of halogens is 1. The first-order valence-corrected chi connectivity index (χ1v) is 6.80.